The molecule has 0 aliphatic carbocycles. The van der Waals surface area contributed by atoms with Crippen LogP contribution in [0.15, 0.2) is 71.7 Å². The van der Waals surface area contributed by atoms with Gasteiger partial charge in [-0.1, -0.05) is 47.5 Å². The van der Waals surface area contributed by atoms with Crippen LogP contribution in [-0.4, -0.2) is 92.9 Å². The van der Waals surface area contributed by atoms with Gasteiger partial charge in [-0.05, 0) is 81.3 Å². The van der Waals surface area contributed by atoms with Crippen LogP contribution >= 0.6 is 23.2 Å². The molecule has 3 aromatic carbocycles. The molecule has 0 aromatic heterocycles. The summed E-state index contributed by atoms with van der Waals surface area (Å²) >= 11 is 12.7. The van der Waals surface area contributed by atoms with Gasteiger partial charge in [-0.25, -0.2) is 13.2 Å². The van der Waals surface area contributed by atoms with E-state index in [4.69, 9.17) is 37.7 Å². The van der Waals surface area contributed by atoms with Crippen LogP contribution < -0.4 is 9.47 Å². The van der Waals surface area contributed by atoms with E-state index in [-0.39, 0.29) is 17.9 Å². The molecule has 0 saturated carbocycles. The molecule has 0 unspecified atom stereocenters. The molecule has 47 heavy (non-hydrogen) atoms. The number of halogens is 2. The van der Waals surface area contributed by atoms with Gasteiger partial charge in [0.2, 0.25) is 0 Å². The molecule has 1 saturated heterocycles. The molecule has 2 aliphatic rings. The number of nitrogens with zero attached hydrogens (tertiary/aromatic N) is 4. The monoisotopic (exact) mass is 700 g/mol. The first-order chi connectivity index (χ1) is 22.3. The highest BCUT2D eigenvalue weighted by molar-refractivity contribution is 7.90. The fourth-order valence-electron chi connectivity index (χ4n) is 6.26. The maximum atomic E-state index is 14.9. The van der Waals surface area contributed by atoms with Gasteiger partial charge < -0.3 is 14.4 Å². The van der Waals surface area contributed by atoms with Crippen molar-refractivity contribution in [3.8, 4) is 11.5 Å². The van der Waals surface area contributed by atoms with Crippen molar-refractivity contribution in [3.05, 3.63) is 93.5 Å². The summed E-state index contributed by atoms with van der Waals surface area (Å²) in [5, 5.41) is 1.20. The highest BCUT2D eigenvalue weighted by atomic mass is 35.5. The molecule has 2 atom stereocenters. The predicted octanol–water partition coefficient (Wildman–Crippen LogP) is 6.68. The molecule has 3 aromatic rings. The topological polar surface area (TPSA) is 91.8 Å². The SMILES string of the molecule is COc1ccc(C2=N[C@@](C)(c3ccc(Cl)cc3)[C@@H](c3ccc(Cl)cc3)N2C(=O)N2CCN(CCCS(C)(=O)=O)CC2)c(OC(C)C)c1. The zero-order valence-electron chi connectivity index (χ0n) is 27.4. The number of rotatable bonds is 10. The first-order valence-electron chi connectivity index (χ1n) is 15.7. The van der Waals surface area contributed by atoms with E-state index in [2.05, 4.69) is 4.90 Å². The maximum absolute atomic E-state index is 14.9. The van der Waals surface area contributed by atoms with Gasteiger partial charge in [-0.15, -0.1) is 0 Å². The third-order valence-corrected chi connectivity index (χ3v) is 10.1. The zero-order valence-corrected chi connectivity index (χ0v) is 29.8. The lowest BCUT2D eigenvalue weighted by Crippen LogP contribution is -2.55. The Labute approximate surface area is 288 Å². The lowest BCUT2D eigenvalue weighted by molar-refractivity contribution is 0.115. The fraction of sp³-hybridized carbons (Fsp3) is 0.429. The van der Waals surface area contributed by atoms with Crippen LogP contribution in [-0.2, 0) is 15.4 Å². The second kappa shape index (κ2) is 14.4. The summed E-state index contributed by atoms with van der Waals surface area (Å²) < 4.78 is 35.1. The molecular weight excluding hydrogens is 659 g/mol. The van der Waals surface area contributed by atoms with Gasteiger partial charge in [0.25, 0.3) is 0 Å². The number of aliphatic imine (C=N–C) groups is 1. The van der Waals surface area contributed by atoms with Crippen LogP contribution in [0.1, 0.15) is 49.9 Å². The molecule has 2 aliphatic heterocycles. The number of hydrogen-bond acceptors (Lipinski definition) is 7. The Hall–Kier alpha value is -3.31. The number of piperazine rings is 1. The van der Waals surface area contributed by atoms with Crippen LogP contribution in [0.25, 0.3) is 0 Å². The number of carbonyl (C=O) groups excluding carboxylic acids is 1. The van der Waals surface area contributed by atoms with E-state index in [1.807, 2.05) is 92.4 Å². The Balaban J connectivity index is 1.59. The molecule has 2 heterocycles. The lowest BCUT2D eigenvalue weighted by Gasteiger charge is -2.40. The Morgan fingerprint density at radius 1 is 0.979 bits per heavy atom. The van der Waals surface area contributed by atoms with Crippen LogP contribution in [0.2, 0.25) is 10.0 Å². The number of urea groups is 1. The molecule has 252 valence electrons. The highest BCUT2D eigenvalue weighted by Crippen LogP contribution is 2.50. The van der Waals surface area contributed by atoms with Gasteiger partial charge in [0.15, 0.2) is 0 Å². The van der Waals surface area contributed by atoms with Crippen molar-refractivity contribution in [1.29, 1.82) is 0 Å². The quantitative estimate of drug-likeness (QED) is 0.234. The smallest absolute Gasteiger partial charge is 0.326 e. The van der Waals surface area contributed by atoms with Gasteiger partial charge in [0, 0.05) is 48.5 Å². The van der Waals surface area contributed by atoms with Crippen molar-refractivity contribution in [2.75, 3.05) is 51.8 Å². The number of carbonyl (C=O) groups is 1. The molecule has 2 amide bonds. The predicted molar refractivity (Wildman–Crippen MR) is 188 cm³/mol. The van der Waals surface area contributed by atoms with Crippen molar-refractivity contribution in [1.82, 2.24) is 14.7 Å². The number of methoxy groups -OCH3 is 1. The van der Waals surface area contributed by atoms with Crippen LogP contribution in [0.4, 0.5) is 4.79 Å². The number of ether oxygens (including phenoxy) is 2. The summed E-state index contributed by atoms with van der Waals surface area (Å²) in [6.45, 7) is 8.86. The van der Waals surface area contributed by atoms with Gasteiger partial charge in [0.05, 0.1) is 30.6 Å². The van der Waals surface area contributed by atoms with Gasteiger partial charge >= 0.3 is 6.03 Å². The largest absolute Gasteiger partial charge is 0.497 e. The number of sulfone groups is 1. The molecule has 1 fully saturated rings. The standard InChI is InChI=1S/C35H42Cl2N4O5S/c1-24(2)46-31-23-29(45-4)15-16-30(31)33-38-35(3,26-9-13-28(37)14-10-26)32(25-7-11-27(36)12-8-25)41(33)34(42)40-20-18-39(19-21-40)17-6-22-47(5,43)44/h7-16,23-24,32H,6,17-22H2,1-5H3/t32-,35+/m1/s1. The second-order valence-corrected chi connectivity index (χ2v) is 15.7. The van der Waals surface area contributed by atoms with E-state index in [1.165, 1.54) is 6.26 Å². The van der Waals surface area contributed by atoms with E-state index < -0.39 is 21.4 Å². The molecule has 0 radical (unpaired) electrons. The van der Waals surface area contributed by atoms with Crippen molar-refractivity contribution in [2.24, 2.45) is 4.99 Å². The molecule has 0 N–H and O–H groups in total. The lowest BCUT2D eigenvalue weighted by atomic mass is 9.81. The molecule has 0 bridgehead atoms. The molecule has 12 heteroatoms. The van der Waals surface area contributed by atoms with Crippen molar-refractivity contribution in [3.63, 3.8) is 0 Å². The summed E-state index contributed by atoms with van der Waals surface area (Å²) in [5.74, 6) is 1.82. The van der Waals surface area contributed by atoms with Crippen molar-refractivity contribution < 1.29 is 22.7 Å². The minimum atomic E-state index is -3.02. The zero-order chi connectivity index (χ0) is 33.9. The minimum Gasteiger partial charge on any atom is -0.497 e. The normalized spacial score (nSPS) is 20.4. The Bertz CT molecular complexity index is 1710. The molecule has 5 rings (SSSR count). The van der Waals surface area contributed by atoms with E-state index >= 15 is 0 Å². The molecule has 0 spiro atoms. The minimum absolute atomic E-state index is 0.141. The number of amides is 2. The van der Waals surface area contributed by atoms with Gasteiger partial charge in [-0.3, -0.25) is 14.8 Å². The number of amidine groups is 1. The van der Waals surface area contributed by atoms with Crippen LogP contribution in [0.3, 0.4) is 0 Å². The summed E-state index contributed by atoms with van der Waals surface area (Å²) in [4.78, 5) is 26.1. The fourth-order valence-corrected chi connectivity index (χ4v) is 7.16. The maximum Gasteiger partial charge on any atom is 0.326 e. The number of benzene rings is 3. The first-order valence-corrected chi connectivity index (χ1v) is 18.6. The summed E-state index contributed by atoms with van der Waals surface area (Å²) in [6, 6.07) is 20.0. The summed E-state index contributed by atoms with van der Waals surface area (Å²) in [7, 11) is -1.42. The van der Waals surface area contributed by atoms with Crippen LogP contribution in [0, 0.1) is 0 Å². The van der Waals surface area contributed by atoms with Crippen molar-refractivity contribution in [2.45, 2.75) is 44.9 Å². The second-order valence-electron chi connectivity index (χ2n) is 12.5. The Kier molecular flexibility index (Phi) is 10.8. The van der Waals surface area contributed by atoms with E-state index in [9.17, 15) is 13.2 Å². The van der Waals surface area contributed by atoms with E-state index in [0.29, 0.717) is 72.1 Å². The van der Waals surface area contributed by atoms with Gasteiger partial charge in [-0.2, -0.15) is 0 Å². The average Bonchev–Trinajstić information content (AvgIpc) is 3.34. The third-order valence-electron chi connectivity index (χ3n) is 8.60. The highest BCUT2D eigenvalue weighted by Gasteiger charge is 2.51. The molecular formula is C35H42Cl2N4O5S. The summed E-state index contributed by atoms with van der Waals surface area (Å²) in [5.41, 5.74) is 1.53. The van der Waals surface area contributed by atoms with Gasteiger partial charge in [0.1, 0.15) is 32.7 Å². The Morgan fingerprint density at radius 3 is 2.17 bits per heavy atom. The van der Waals surface area contributed by atoms with E-state index in [0.717, 1.165) is 11.1 Å². The average molecular weight is 702 g/mol. The Morgan fingerprint density at radius 2 is 1.60 bits per heavy atom. The molecule has 9 nitrogen and oxygen atoms in total. The van der Waals surface area contributed by atoms with E-state index in [1.54, 1.807) is 12.0 Å². The van der Waals surface area contributed by atoms with Crippen molar-refractivity contribution >= 4 is 44.9 Å². The first kappa shape index (κ1) is 35.0. The number of hydrogen-bond donors (Lipinski definition) is 0. The summed E-state index contributed by atoms with van der Waals surface area (Å²) in [6.07, 6.45) is 1.68. The van der Waals surface area contributed by atoms with Crippen LogP contribution in [0.5, 0.6) is 11.5 Å². The third kappa shape index (κ3) is 8.05.